The summed E-state index contributed by atoms with van der Waals surface area (Å²) >= 11 is 0. The van der Waals surface area contributed by atoms with Gasteiger partial charge in [0.25, 0.3) is 0 Å². The van der Waals surface area contributed by atoms with E-state index in [1.54, 1.807) is 7.11 Å². The summed E-state index contributed by atoms with van der Waals surface area (Å²) in [6.45, 7) is 3.10. The number of aliphatic hydroxyl groups is 3. The summed E-state index contributed by atoms with van der Waals surface area (Å²) in [5.74, 6) is 0. The van der Waals surface area contributed by atoms with Crippen molar-refractivity contribution in [2.24, 2.45) is 5.73 Å². The highest BCUT2D eigenvalue weighted by Crippen LogP contribution is 2.21. The van der Waals surface area contributed by atoms with Gasteiger partial charge in [-0.25, -0.2) is 0 Å². The van der Waals surface area contributed by atoms with Crippen molar-refractivity contribution in [3.05, 3.63) is 0 Å². The summed E-state index contributed by atoms with van der Waals surface area (Å²) < 4.78 is 22.2. The van der Waals surface area contributed by atoms with Gasteiger partial charge in [-0.2, -0.15) is 0 Å². The molecule has 0 bridgehead atoms. The molecule has 0 aromatic heterocycles. The summed E-state index contributed by atoms with van der Waals surface area (Å²) in [5.41, 5.74) is 5.88. The predicted molar refractivity (Wildman–Crippen MR) is 134 cm³/mol. The van der Waals surface area contributed by atoms with E-state index in [0.29, 0.717) is 13.2 Å². The van der Waals surface area contributed by atoms with Crippen LogP contribution in [0.25, 0.3) is 0 Å². The third-order valence-corrected chi connectivity index (χ3v) is 6.65. The minimum Gasteiger partial charge on any atom is -0.394 e. The Hall–Kier alpha value is -0.320. The quantitative estimate of drug-likeness (QED) is 0.170. The highest BCUT2D eigenvalue weighted by atomic mass is 16.7. The van der Waals surface area contributed by atoms with Crippen LogP contribution in [-0.2, 0) is 18.9 Å². The summed E-state index contributed by atoms with van der Waals surface area (Å²) in [5, 5.41) is 29.1. The lowest BCUT2D eigenvalue weighted by Crippen LogP contribution is -2.62. The molecule has 3 unspecified atom stereocenters. The smallest absolute Gasteiger partial charge is 0.175 e. The Bertz CT molecular complexity index is 455. The van der Waals surface area contributed by atoms with Crippen LogP contribution in [0, 0.1) is 0 Å². The van der Waals surface area contributed by atoms with Crippen LogP contribution in [-0.4, -0.2) is 85.6 Å². The summed E-state index contributed by atoms with van der Waals surface area (Å²) in [7, 11) is 1.58. The molecule has 8 heteroatoms. The first-order valence-corrected chi connectivity index (χ1v) is 13.6. The molecule has 8 nitrogen and oxygen atoms in total. The lowest BCUT2D eigenvalue weighted by atomic mass is 9.98. The molecule has 0 aliphatic carbocycles. The normalized spacial score (nSPS) is 26.1. The van der Waals surface area contributed by atoms with E-state index in [-0.39, 0.29) is 12.7 Å². The van der Waals surface area contributed by atoms with Crippen LogP contribution in [0.1, 0.15) is 96.8 Å². The number of unbranched alkanes of at least 4 members (excludes halogenated alkanes) is 13. The molecule has 1 rings (SSSR count). The van der Waals surface area contributed by atoms with E-state index in [4.69, 9.17) is 24.7 Å². The monoisotopic (exact) mass is 491 g/mol. The van der Waals surface area contributed by atoms with E-state index in [1.807, 2.05) is 0 Å². The molecule has 0 aromatic carbocycles. The number of methoxy groups -OCH3 is 1. The van der Waals surface area contributed by atoms with Crippen LogP contribution in [0.5, 0.6) is 0 Å². The first-order valence-electron chi connectivity index (χ1n) is 13.6. The standard InChI is InChI=1S/C26H53NO7/c1-3-4-5-6-7-8-9-10-11-12-13-14-15-16-17-32-19-21(31-2)20-33-26-23(27)25(30)24(29)22(18-28)34-26/h21-26,28-30H,3-20,27H2,1-2H3/t21?,22?,23-,24-,25?,26-/m0/s1. The van der Waals surface area contributed by atoms with Crippen molar-refractivity contribution in [2.45, 2.75) is 134 Å². The molecule has 6 atom stereocenters. The highest BCUT2D eigenvalue weighted by molar-refractivity contribution is 4.91. The molecular weight excluding hydrogens is 438 g/mol. The van der Waals surface area contributed by atoms with Crippen molar-refractivity contribution in [1.82, 2.24) is 0 Å². The predicted octanol–water partition coefficient (Wildman–Crippen LogP) is 3.28. The molecule has 1 saturated heterocycles. The second kappa shape index (κ2) is 20.8. The average molecular weight is 492 g/mol. The Kier molecular flexibility index (Phi) is 19.4. The Morgan fingerprint density at radius 1 is 0.794 bits per heavy atom. The zero-order chi connectivity index (χ0) is 25.0. The third-order valence-electron chi connectivity index (χ3n) is 6.65. The molecule has 5 N–H and O–H groups in total. The molecule has 34 heavy (non-hydrogen) atoms. The molecule has 0 radical (unpaired) electrons. The lowest BCUT2D eigenvalue weighted by Gasteiger charge is -2.40. The fourth-order valence-corrected chi connectivity index (χ4v) is 4.25. The van der Waals surface area contributed by atoms with Crippen molar-refractivity contribution in [2.75, 3.05) is 33.5 Å². The maximum Gasteiger partial charge on any atom is 0.175 e. The van der Waals surface area contributed by atoms with Gasteiger partial charge in [-0.15, -0.1) is 0 Å². The zero-order valence-electron chi connectivity index (χ0n) is 21.7. The van der Waals surface area contributed by atoms with E-state index in [0.717, 1.165) is 6.42 Å². The highest BCUT2D eigenvalue weighted by Gasteiger charge is 2.43. The van der Waals surface area contributed by atoms with Crippen LogP contribution in [0.2, 0.25) is 0 Å². The Balaban J connectivity index is 1.97. The van der Waals surface area contributed by atoms with Gasteiger partial charge in [0.1, 0.15) is 24.4 Å². The number of nitrogens with two attached hydrogens (primary N) is 1. The first-order chi connectivity index (χ1) is 16.5. The van der Waals surface area contributed by atoms with Crippen molar-refractivity contribution >= 4 is 0 Å². The largest absolute Gasteiger partial charge is 0.394 e. The van der Waals surface area contributed by atoms with E-state index >= 15 is 0 Å². The lowest BCUT2D eigenvalue weighted by molar-refractivity contribution is -0.271. The number of ether oxygens (including phenoxy) is 4. The SMILES string of the molecule is CCCCCCCCCCCCCCCCOCC(CO[C@H]1OC(CO)[C@H](O)C(O)[C@@H]1N)OC. The molecule has 0 amide bonds. The summed E-state index contributed by atoms with van der Waals surface area (Å²) in [6.07, 6.45) is 14.0. The van der Waals surface area contributed by atoms with Gasteiger partial charge in [0.15, 0.2) is 6.29 Å². The molecule has 1 aliphatic heterocycles. The zero-order valence-corrected chi connectivity index (χ0v) is 21.7. The van der Waals surface area contributed by atoms with Crippen molar-refractivity contribution in [3.63, 3.8) is 0 Å². The van der Waals surface area contributed by atoms with Crippen LogP contribution in [0.4, 0.5) is 0 Å². The van der Waals surface area contributed by atoms with Crippen LogP contribution < -0.4 is 5.73 Å². The van der Waals surface area contributed by atoms with E-state index in [2.05, 4.69) is 6.92 Å². The molecule has 1 fully saturated rings. The summed E-state index contributed by atoms with van der Waals surface area (Å²) in [4.78, 5) is 0. The topological polar surface area (TPSA) is 124 Å². The Labute approximate surface area is 207 Å². The maximum atomic E-state index is 10.00. The fraction of sp³-hybridized carbons (Fsp3) is 1.00. The molecule has 0 spiro atoms. The van der Waals surface area contributed by atoms with Crippen molar-refractivity contribution in [1.29, 1.82) is 0 Å². The Morgan fingerprint density at radius 2 is 1.32 bits per heavy atom. The van der Waals surface area contributed by atoms with Gasteiger partial charge >= 0.3 is 0 Å². The number of rotatable bonds is 22. The first kappa shape index (κ1) is 31.7. The molecule has 1 aliphatic rings. The fourth-order valence-electron chi connectivity index (χ4n) is 4.25. The number of hydrogen-bond acceptors (Lipinski definition) is 8. The molecule has 0 aromatic rings. The minimum absolute atomic E-state index is 0.175. The molecular formula is C26H53NO7. The van der Waals surface area contributed by atoms with E-state index in [1.165, 1.54) is 83.5 Å². The van der Waals surface area contributed by atoms with Gasteiger partial charge in [-0.05, 0) is 6.42 Å². The summed E-state index contributed by atoms with van der Waals surface area (Å²) in [6, 6.07) is -0.910. The van der Waals surface area contributed by atoms with Gasteiger partial charge in [-0.3, -0.25) is 0 Å². The van der Waals surface area contributed by atoms with E-state index < -0.39 is 37.3 Å². The van der Waals surface area contributed by atoms with Crippen LogP contribution in [0.15, 0.2) is 0 Å². The second-order valence-corrected chi connectivity index (χ2v) is 9.65. The Morgan fingerprint density at radius 3 is 1.82 bits per heavy atom. The minimum atomic E-state index is -1.24. The van der Waals surface area contributed by atoms with Crippen molar-refractivity contribution < 1.29 is 34.3 Å². The van der Waals surface area contributed by atoms with Crippen LogP contribution >= 0.6 is 0 Å². The van der Waals surface area contributed by atoms with Gasteiger partial charge in [0.05, 0.1) is 25.9 Å². The van der Waals surface area contributed by atoms with Crippen molar-refractivity contribution in [3.8, 4) is 0 Å². The molecule has 204 valence electrons. The third kappa shape index (κ3) is 13.7. The van der Waals surface area contributed by atoms with E-state index in [9.17, 15) is 15.3 Å². The maximum absolute atomic E-state index is 10.00. The average Bonchev–Trinajstić information content (AvgIpc) is 2.85. The van der Waals surface area contributed by atoms with Crippen LogP contribution in [0.3, 0.4) is 0 Å². The molecule has 1 heterocycles. The van der Waals surface area contributed by atoms with Gasteiger partial charge in [0, 0.05) is 13.7 Å². The van der Waals surface area contributed by atoms with Gasteiger partial charge in [-0.1, -0.05) is 90.4 Å². The number of aliphatic hydroxyl groups excluding tert-OH is 3. The molecule has 0 saturated carbocycles. The second-order valence-electron chi connectivity index (χ2n) is 9.65. The van der Waals surface area contributed by atoms with Gasteiger partial charge < -0.3 is 40.0 Å². The van der Waals surface area contributed by atoms with Gasteiger partial charge in [0.2, 0.25) is 0 Å². The number of hydrogen-bond donors (Lipinski definition) is 4.